The van der Waals surface area contributed by atoms with E-state index in [9.17, 15) is 17.2 Å². The molecule has 1 atom stereocenters. The minimum atomic E-state index is -3.36. The molecular weight excluding hydrogens is 430 g/mol. The Labute approximate surface area is 138 Å². The van der Waals surface area contributed by atoms with Crippen LogP contribution in [0.1, 0.15) is 16.0 Å². The van der Waals surface area contributed by atoms with Gasteiger partial charge < -0.3 is 0 Å². The van der Waals surface area contributed by atoms with Crippen LogP contribution in [-0.4, -0.2) is 14.7 Å². The number of halogens is 4. The lowest BCUT2D eigenvalue weighted by Gasteiger charge is -2.13. The highest BCUT2D eigenvalue weighted by molar-refractivity contribution is 9.10. The number of rotatable bonds is 3. The van der Waals surface area contributed by atoms with E-state index >= 15 is 0 Å². The first kappa shape index (κ1) is 16.6. The zero-order valence-electron chi connectivity index (χ0n) is 10.8. The van der Waals surface area contributed by atoms with E-state index in [4.69, 9.17) is 0 Å². The fourth-order valence-corrected chi connectivity index (χ4v) is 3.44. The molecule has 2 aromatic rings. The molecular formula is C14H10Br2F2O2S. The fourth-order valence-electron chi connectivity index (χ4n) is 1.81. The molecule has 21 heavy (non-hydrogen) atoms. The van der Waals surface area contributed by atoms with E-state index in [0.29, 0.717) is 5.56 Å². The Balaban J connectivity index is 2.50. The molecule has 0 aromatic heterocycles. The SMILES string of the molecule is CS(=O)(=O)c1cccc(C(Br)c2cc(F)c(Br)cc2F)c1. The molecule has 0 aliphatic heterocycles. The van der Waals surface area contributed by atoms with E-state index in [-0.39, 0.29) is 14.9 Å². The first-order chi connectivity index (χ1) is 9.70. The van der Waals surface area contributed by atoms with Gasteiger partial charge in [-0.3, -0.25) is 0 Å². The molecule has 0 spiro atoms. The van der Waals surface area contributed by atoms with Gasteiger partial charge in [-0.15, -0.1) is 0 Å². The quantitative estimate of drug-likeness (QED) is 0.516. The molecule has 112 valence electrons. The monoisotopic (exact) mass is 438 g/mol. The van der Waals surface area contributed by atoms with Crippen molar-refractivity contribution in [1.29, 1.82) is 0 Å². The van der Waals surface area contributed by atoms with E-state index in [1.807, 2.05) is 0 Å². The molecule has 0 amide bonds. The molecule has 0 bridgehead atoms. The molecule has 2 rings (SSSR count). The topological polar surface area (TPSA) is 34.1 Å². The van der Waals surface area contributed by atoms with E-state index in [2.05, 4.69) is 31.9 Å². The Hall–Kier alpha value is -0.790. The third-order valence-electron chi connectivity index (χ3n) is 2.89. The van der Waals surface area contributed by atoms with Crippen LogP contribution in [-0.2, 0) is 9.84 Å². The highest BCUT2D eigenvalue weighted by atomic mass is 79.9. The lowest BCUT2D eigenvalue weighted by molar-refractivity contribution is 0.583. The van der Waals surface area contributed by atoms with Crippen molar-refractivity contribution < 1.29 is 17.2 Å². The lowest BCUT2D eigenvalue weighted by atomic mass is 10.0. The summed E-state index contributed by atoms with van der Waals surface area (Å²) in [6.07, 6.45) is 1.09. The molecule has 0 aliphatic rings. The van der Waals surface area contributed by atoms with Crippen LogP contribution >= 0.6 is 31.9 Å². The predicted octanol–water partition coefficient (Wildman–Crippen LogP) is 4.62. The summed E-state index contributed by atoms with van der Waals surface area (Å²) in [6.45, 7) is 0. The van der Waals surface area contributed by atoms with Gasteiger partial charge in [0.25, 0.3) is 0 Å². The summed E-state index contributed by atoms with van der Waals surface area (Å²) >= 11 is 6.20. The van der Waals surface area contributed by atoms with E-state index in [0.717, 1.165) is 18.4 Å². The maximum absolute atomic E-state index is 14.0. The summed E-state index contributed by atoms with van der Waals surface area (Å²) < 4.78 is 50.7. The van der Waals surface area contributed by atoms with E-state index < -0.39 is 26.3 Å². The molecule has 0 aliphatic carbocycles. The second-order valence-electron chi connectivity index (χ2n) is 4.50. The first-order valence-corrected chi connectivity index (χ1v) is 9.38. The minimum Gasteiger partial charge on any atom is -0.224 e. The summed E-state index contributed by atoms with van der Waals surface area (Å²) in [4.78, 5) is -0.524. The molecule has 0 saturated heterocycles. The number of benzene rings is 2. The second-order valence-corrected chi connectivity index (χ2v) is 8.28. The van der Waals surface area contributed by atoms with Crippen LogP contribution in [0, 0.1) is 11.6 Å². The van der Waals surface area contributed by atoms with Crippen molar-refractivity contribution in [3.63, 3.8) is 0 Å². The van der Waals surface area contributed by atoms with Crippen LogP contribution in [0.5, 0.6) is 0 Å². The summed E-state index contributed by atoms with van der Waals surface area (Å²) in [6, 6.07) is 8.22. The van der Waals surface area contributed by atoms with Gasteiger partial charge in [0.05, 0.1) is 14.2 Å². The second kappa shape index (κ2) is 6.14. The van der Waals surface area contributed by atoms with Crippen molar-refractivity contribution in [2.24, 2.45) is 0 Å². The summed E-state index contributed by atoms with van der Waals surface area (Å²) in [5, 5.41) is 0. The zero-order valence-corrected chi connectivity index (χ0v) is 14.8. The zero-order chi connectivity index (χ0) is 15.8. The van der Waals surface area contributed by atoms with Gasteiger partial charge in [0, 0.05) is 11.8 Å². The molecule has 0 heterocycles. The molecule has 0 saturated carbocycles. The first-order valence-electron chi connectivity index (χ1n) is 5.78. The van der Waals surface area contributed by atoms with E-state index in [1.54, 1.807) is 12.1 Å². The molecule has 0 N–H and O–H groups in total. The van der Waals surface area contributed by atoms with Gasteiger partial charge in [0.15, 0.2) is 9.84 Å². The van der Waals surface area contributed by atoms with Crippen LogP contribution in [0.25, 0.3) is 0 Å². The van der Waals surface area contributed by atoms with Gasteiger partial charge in [-0.25, -0.2) is 17.2 Å². The van der Waals surface area contributed by atoms with Crippen molar-refractivity contribution in [3.05, 3.63) is 63.6 Å². The molecule has 2 aromatic carbocycles. The summed E-state index contributed by atoms with van der Waals surface area (Å²) in [7, 11) is -3.36. The van der Waals surface area contributed by atoms with Crippen molar-refractivity contribution in [2.75, 3.05) is 6.26 Å². The molecule has 2 nitrogen and oxygen atoms in total. The lowest BCUT2D eigenvalue weighted by Crippen LogP contribution is -2.02. The van der Waals surface area contributed by atoms with Crippen molar-refractivity contribution in [3.8, 4) is 0 Å². The summed E-state index contributed by atoms with van der Waals surface area (Å²) in [5.41, 5.74) is 0.625. The minimum absolute atomic E-state index is 0.0355. The van der Waals surface area contributed by atoms with Gasteiger partial charge in [-0.05, 0) is 45.8 Å². The van der Waals surface area contributed by atoms with Crippen molar-refractivity contribution >= 4 is 41.7 Å². The number of hydrogen-bond acceptors (Lipinski definition) is 2. The highest BCUT2D eigenvalue weighted by Gasteiger charge is 2.19. The molecule has 0 fully saturated rings. The molecule has 0 radical (unpaired) electrons. The summed E-state index contributed by atoms with van der Waals surface area (Å²) in [5.74, 6) is -1.18. The van der Waals surface area contributed by atoms with Crippen LogP contribution in [0.4, 0.5) is 8.78 Å². The standard InChI is InChI=1S/C14H10Br2F2O2S/c1-21(19,20)9-4-2-3-8(5-9)14(16)10-6-13(18)11(15)7-12(10)17/h2-7,14H,1H3. The maximum Gasteiger partial charge on any atom is 0.175 e. The normalized spacial score (nSPS) is 13.2. The third-order valence-corrected chi connectivity index (χ3v) is 5.63. The van der Waals surface area contributed by atoms with E-state index in [1.165, 1.54) is 12.1 Å². The number of sulfone groups is 1. The van der Waals surface area contributed by atoms with Crippen LogP contribution in [0.3, 0.4) is 0 Å². The highest BCUT2D eigenvalue weighted by Crippen LogP contribution is 2.35. The Morgan fingerprint density at radius 2 is 1.76 bits per heavy atom. The van der Waals surface area contributed by atoms with Crippen molar-refractivity contribution in [2.45, 2.75) is 9.72 Å². The maximum atomic E-state index is 14.0. The van der Waals surface area contributed by atoms with Crippen molar-refractivity contribution in [1.82, 2.24) is 0 Å². The fraction of sp³-hybridized carbons (Fsp3) is 0.143. The number of hydrogen-bond donors (Lipinski definition) is 0. The van der Waals surface area contributed by atoms with Gasteiger partial charge in [-0.1, -0.05) is 28.1 Å². The Kier molecular flexibility index (Phi) is 4.85. The molecule has 1 unspecified atom stereocenters. The average molecular weight is 440 g/mol. The average Bonchev–Trinajstić information content (AvgIpc) is 2.41. The third kappa shape index (κ3) is 3.70. The van der Waals surface area contributed by atoms with Gasteiger partial charge in [-0.2, -0.15) is 0 Å². The Morgan fingerprint density at radius 3 is 2.38 bits per heavy atom. The predicted molar refractivity (Wildman–Crippen MR) is 84.4 cm³/mol. The van der Waals surface area contributed by atoms with Crippen LogP contribution in [0.15, 0.2) is 45.8 Å². The van der Waals surface area contributed by atoms with Gasteiger partial charge in [0.1, 0.15) is 11.6 Å². The van der Waals surface area contributed by atoms with Gasteiger partial charge >= 0.3 is 0 Å². The molecule has 7 heteroatoms. The van der Waals surface area contributed by atoms with Crippen LogP contribution in [0.2, 0.25) is 0 Å². The Morgan fingerprint density at radius 1 is 1.10 bits per heavy atom. The number of alkyl halides is 1. The largest absolute Gasteiger partial charge is 0.224 e. The smallest absolute Gasteiger partial charge is 0.175 e. The van der Waals surface area contributed by atoms with Crippen LogP contribution < -0.4 is 0 Å². The Bertz CT molecular complexity index is 792. The van der Waals surface area contributed by atoms with Gasteiger partial charge in [0.2, 0.25) is 0 Å².